The van der Waals surface area contributed by atoms with Crippen molar-refractivity contribution in [1.29, 1.82) is 0 Å². The van der Waals surface area contributed by atoms with Crippen molar-refractivity contribution < 1.29 is 17.6 Å². The fourth-order valence-electron chi connectivity index (χ4n) is 4.33. The number of H-pyrrole nitrogens is 1. The van der Waals surface area contributed by atoms with Gasteiger partial charge in [0, 0.05) is 30.5 Å². The van der Waals surface area contributed by atoms with E-state index in [-0.39, 0.29) is 35.1 Å². The molecule has 3 heterocycles. The van der Waals surface area contributed by atoms with E-state index in [0.717, 1.165) is 17.8 Å². The number of hydrogen-bond donors (Lipinski definition) is 3. The predicted molar refractivity (Wildman–Crippen MR) is 140 cm³/mol. The molecule has 0 spiro atoms. The van der Waals surface area contributed by atoms with Crippen LogP contribution in [0.2, 0.25) is 0 Å². The van der Waals surface area contributed by atoms with Gasteiger partial charge in [-0.3, -0.25) is 9.59 Å². The van der Waals surface area contributed by atoms with Crippen LogP contribution in [0.1, 0.15) is 50.7 Å². The molecule has 0 fully saturated rings. The molecule has 4 rings (SSSR count). The van der Waals surface area contributed by atoms with Crippen molar-refractivity contribution in [2.24, 2.45) is 0 Å². The van der Waals surface area contributed by atoms with Gasteiger partial charge >= 0.3 is 6.18 Å². The Balaban J connectivity index is 1.49. The van der Waals surface area contributed by atoms with Gasteiger partial charge in [0.2, 0.25) is 0 Å². The van der Waals surface area contributed by atoms with Crippen LogP contribution in [0.5, 0.6) is 0 Å². The number of hydrogen-bond acceptors (Lipinski definition) is 7. The highest BCUT2D eigenvalue weighted by atomic mass is 19.4. The predicted octanol–water partition coefficient (Wildman–Crippen LogP) is 4.69. The molecule has 0 saturated carbocycles. The maximum atomic E-state index is 15.0. The topological polar surface area (TPSA) is 132 Å². The Kier molecular flexibility index (Phi) is 7.70. The Bertz CT molecular complexity index is 1630. The van der Waals surface area contributed by atoms with Gasteiger partial charge in [-0.25, -0.2) is 19.5 Å². The van der Waals surface area contributed by atoms with Gasteiger partial charge in [0.1, 0.15) is 17.2 Å². The van der Waals surface area contributed by atoms with E-state index in [1.165, 1.54) is 10.6 Å². The van der Waals surface area contributed by atoms with Gasteiger partial charge < -0.3 is 15.6 Å². The third-order valence-corrected chi connectivity index (χ3v) is 6.35. The van der Waals surface area contributed by atoms with E-state index in [0.29, 0.717) is 18.2 Å². The SMILES string of the molecule is CC(CCCn1ccc2cc(-c3ncc(C(C)C)c(N)n3)c(F)cc2c1=O)Nc1cn[nH]c(=O)c1C(F)(F)F. The highest BCUT2D eigenvalue weighted by Gasteiger charge is 2.37. The van der Waals surface area contributed by atoms with E-state index >= 15 is 4.39 Å². The van der Waals surface area contributed by atoms with E-state index in [9.17, 15) is 22.8 Å². The maximum Gasteiger partial charge on any atom is 0.423 e. The second-order valence-corrected chi connectivity index (χ2v) is 9.60. The fourth-order valence-corrected chi connectivity index (χ4v) is 4.33. The zero-order valence-corrected chi connectivity index (χ0v) is 21.4. The van der Waals surface area contributed by atoms with Crippen LogP contribution in [0.25, 0.3) is 22.2 Å². The lowest BCUT2D eigenvalue weighted by molar-refractivity contribution is -0.138. The van der Waals surface area contributed by atoms with Crippen LogP contribution >= 0.6 is 0 Å². The Morgan fingerprint density at radius 2 is 1.90 bits per heavy atom. The Morgan fingerprint density at radius 1 is 1.15 bits per heavy atom. The van der Waals surface area contributed by atoms with Gasteiger partial charge in [-0.15, -0.1) is 0 Å². The van der Waals surface area contributed by atoms with E-state index < -0.39 is 40.4 Å². The average Bonchev–Trinajstić information content (AvgIpc) is 2.84. The van der Waals surface area contributed by atoms with Gasteiger partial charge in [0.15, 0.2) is 5.82 Å². The maximum absolute atomic E-state index is 15.0. The first-order chi connectivity index (χ1) is 18.4. The molecule has 0 amide bonds. The summed E-state index contributed by atoms with van der Waals surface area (Å²) in [6.45, 7) is 5.80. The molecule has 3 aromatic heterocycles. The summed E-state index contributed by atoms with van der Waals surface area (Å²) in [6, 6.07) is 3.85. The van der Waals surface area contributed by atoms with Crippen LogP contribution in [0.3, 0.4) is 0 Å². The Morgan fingerprint density at radius 3 is 2.56 bits per heavy atom. The molecule has 0 radical (unpaired) electrons. The smallest absolute Gasteiger partial charge is 0.383 e. The summed E-state index contributed by atoms with van der Waals surface area (Å²) in [6.07, 6.45) is 0.0122. The fraction of sp³-hybridized carbons (Fsp3) is 0.346. The number of pyridine rings is 1. The monoisotopic (exact) mass is 545 g/mol. The van der Waals surface area contributed by atoms with Crippen molar-refractivity contribution in [2.45, 2.75) is 58.3 Å². The number of alkyl halides is 3. The minimum Gasteiger partial charge on any atom is -0.383 e. The number of aryl methyl sites for hydroxylation is 1. The van der Waals surface area contributed by atoms with Crippen LogP contribution in [-0.2, 0) is 12.7 Å². The Hall–Kier alpha value is -4.29. The number of nitrogens with two attached hydrogens (primary N) is 1. The van der Waals surface area contributed by atoms with Crippen molar-refractivity contribution in [1.82, 2.24) is 24.7 Å². The normalized spacial score (nSPS) is 12.7. The summed E-state index contributed by atoms with van der Waals surface area (Å²) in [7, 11) is 0. The van der Waals surface area contributed by atoms with E-state index in [1.807, 2.05) is 13.8 Å². The van der Waals surface area contributed by atoms with Gasteiger partial charge in [0.25, 0.3) is 11.1 Å². The second kappa shape index (κ2) is 10.8. The lowest BCUT2D eigenvalue weighted by Crippen LogP contribution is -2.27. The average molecular weight is 546 g/mol. The number of nitrogens with zero attached hydrogens (tertiary/aromatic N) is 4. The van der Waals surface area contributed by atoms with Crippen molar-refractivity contribution in [3.63, 3.8) is 0 Å². The molecule has 0 aliphatic rings. The molecule has 39 heavy (non-hydrogen) atoms. The quantitative estimate of drug-likeness (QED) is 0.274. The van der Waals surface area contributed by atoms with Crippen molar-refractivity contribution >= 4 is 22.3 Å². The largest absolute Gasteiger partial charge is 0.423 e. The minimum absolute atomic E-state index is 0.106. The summed E-state index contributed by atoms with van der Waals surface area (Å²) < 4.78 is 56.2. The summed E-state index contributed by atoms with van der Waals surface area (Å²) in [5.41, 5.74) is 3.37. The lowest BCUT2D eigenvalue weighted by atomic mass is 10.0. The highest BCUT2D eigenvalue weighted by Crippen LogP contribution is 2.32. The number of benzene rings is 1. The van der Waals surface area contributed by atoms with Gasteiger partial charge in [-0.2, -0.15) is 18.3 Å². The van der Waals surface area contributed by atoms with Gasteiger partial charge in [-0.1, -0.05) is 13.8 Å². The van der Waals surface area contributed by atoms with Crippen molar-refractivity contribution in [3.8, 4) is 11.4 Å². The number of nitrogen functional groups attached to an aromatic ring is 1. The van der Waals surface area contributed by atoms with Crippen LogP contribution < -0.4 is 22.2 Å². The highest BCUT2D eigenvalue weighted by molar-refractivity contribution is 5.86. The number of halogens is 4. The number of aromatic nitrogens is 5. The molecule has 4 N–H and O–H groups in total. The lowest BCUT2D eigenvalue weighted by Gasteiger charge is -2.18. The molecule has 13 heteroatoms. The molecule has 4 aromatic rings. The molecule has 0 aliphatic heterocycles. The molecule has 1 atom stereocenters. The van der Waals surface area contributed by atoms with Crippen LogP contribution in [-0.4, -0.2) is 30.8 Å². The minimum atomic E-state index is -4.84. The molecular weight excluding hydrogens is 518 g/mol. The Labute approximate surface area is 220 Å². The van der Waals surface area contributed by atoms with E-state index in [4.69, 9.17) is 5.73 Å². The van der Waals surface area contributed by atoms with Gasteiger partial charge in [0.05, 0.1) is 22.8 Å². The second-order valence-electron chi connectivity index (χ2n) is 9.60. The van der Waals surface area contributed by atoms with Crippen molar-refractivity contribution in [2.75, 3.05) is 11.1 Å². The summed E-state index contributed by atoms with van der Waals surface area (Å²) in [4.78, 5) is 33.1. The van der Waals surface area contributed by atoms with Crippen molar-refractivity contribution in [3.05, 3.63) is 74.4 Å². The third-order valence-electron chi connectivity index (χ3n) is 6.35. The number of anilines is 2. The molecule has 0 aliphatic carbocycles. The van der Waals surface area contributed by atoms with E-state index in [1.54, 1.807) is 30.5 Å². The van der Waals surface area contributed by atoms with Crippen LogP contribution in [0, 0.1) is 5.82 Å². The summed E-state index contributed by atoms with van der Waals surface area (Å²) in [5.74, 6) is -0.182. The summed E-state index contributed by atoms with van der Waals surface area (Å²) >= 11 is 0. The first-order valence-corrected chi connectivity index (χ1v) is 12.2. The number of fused-ring (bicyclic) bond motifs is 1. The van der Waals surface area contributed by atoms with Crippen LogP contribution in [0.15, 0.2) is 46.4 Å². The number of rotatable bonds is 8. The molecule has 1 unspecified atom stereocenters. The van der Waals surface area contributed by atoms with Crippen LogP contribution in [0.4, 0.5) is 29.1 Å². The first-order valence-electron chi connectivity index (χ1n) is 12.2. The van der Waals surface area contributed by atoms with E-state index in [2.05, 4.69) is 20.4 Å². The molecule has 9 nitrogen and oxygen atoms in total. The molecule has 0 saturated heterocycles. The number of aromatic amines is 1. The molecule has 206 valence electrons. The molecule has 0 bridgehead atoms. The number of nitrogens with one attached hydrogen (secondary N) is 2. The summed E-state index contributed by atoms with van der Waals surface area (Å²) in [5, 5.41) is 8.56. The first kappa shape index (κ1) is 27.7. The van der Waals surface area contributed by atoms with Gasteiger partial charge in [-0.05, 0) is 49.3 Å². The standard InChI is InChI=1S/C26H27F4N7O2/c1-13(2)18-11-32-23(35-22(18)31)17-9-15-6-8-37(25(39)16(15)10-19(17)27)7-4-5-14(3)34-20-12-33-36-24(38)21(20)26(28,29)30/h6,8-14H,4-5,7H2,1-3H3,(H2,31,32,35)(H2,34,36,38). The molecule has 1 aromatic carbocycles. The molecular formula is C26H27F4N7O2. The third kappa shape index (κ3) is 5.91. The zero-order chi connectivity index (χ0) is 28.5. The zero-order valence-electron chi connectivity index (χ0n) is 21.4.